The molecule has 2 heterocycles. The molecule has 1 N–H and O–H groups in total. The van der Waals surface area contributed by atoms with Gasteiger partial charge in [0.05, 0.1) is 5.92 Å². The van der Waals surface area contributed by atoms with Gasteiger partial charge in [-0.05, 0) is 50.0 Å². The van der Waals surface area contributed by atoms with Crippen LogP contribution in [-0.4, -0.2) is 49.7 Å². The first kappa shape index (κ1) is 15.6. The molecule has 0 aromatic heterocycles. The van der Waals surface area contributed by atoms with Crippen molar-refractivity contribution in [3.05, 3.63) is 11.1 Å². The first-order valence-electron chi connectivity index (χ1n) is 9.42. The maximum absolute atomic E-state index is 12.6. The first-order chi connectivity index (χ1) is 11.1. The molecule has 4 rings (SSSR count). The average Bonchev–Trinajstić information content (AvgIpc) is 2.83. The summed E-state index contributed by atoms with van der Waals surface area (Å²) in [6.07, 6.45) is 6.21. The van der Waals surface area contributed by atoms with Crippen molar-refractivity contribution in [2.75, 3.05) is 32.7 Å². The second-order valence-electron chi connectivity index (χ2n) is 8.33. The topological polar surface area (TPSA) is 41.6 Å². The number of allylic oxidation sites excluding steroid dienone is 1. The lowest BCUT2D eigenvalue weighted by atomic mass is 9.59. The van der Waals surface area contributed by atoms with Crippen molar-refractivity contribution >= 4 is 5.97 Å². The first-order valence-corrected chi connectivity index (χ1v) is 9.42. The minimum Gasteiger partial charge on any atom is -0.457 e. The molecule has 4 atom stereocenters. The molecular weight excluding hydrogens is 288 g/mol. The lowest BCUT2D eigenvalue weighted by Gasteiger charge is -2.46. The van der Waals surface area contributed by atoms with Crippen LogP contribution in [0.5, 0.6) is 0 Å². The van der Waals surface area contributed by atoms with E-state index in [1.807, 2.05) is 0 Å². The van der Waals surface area contributed by atoms with Crippen molar-refractivity contribution < 1.29 is 9.53 Å². The number of esters is 1. The number of hydrogen-bond acceptors (Lipinski definition) is 4. The largest absolute Gasteiger partial charge is 0.457 e. The van der Waals surface area contributed by atoms with E-state index in [4.69, 9.17) is 4.74 Å². The van der Waals surface area contributed by atoms with Crippen LogP contribution in [0, 0.1) is 17.3 Å². The van der Waals surface area contributed by atoms with Crippen molar-refractivity contribution in [2.45, 2.75) is 52.1 Å². The summed E-state index contributed by atoms with van der Waals surface area (Å²) in [7, 11) is 0. The normalized spacial score (nSPS) is 41.5. The van der Waals surface area contributed by atoms with Crippen molar-refractivity contribution in [2.24, 2.45) is 17.3 Å². The van der Waals surface area contributed by atoms with Crippen molar-refractivity contribution in [3.63, 3.8) is 0 Å². The summed E-state index contributed by atoms with van der Waals surface area (Å²) in [4.78, 5) is 15.1. The van der Waals surface area contributed by atoms with Crippen LogP contribution in [0.3, 0.4) is 0 Å². The number of carbonyl (C=O) groups is 1. The zero-order chi connectivity index (χ0) is 16.0. The molecule has 128 valence electrons. The van der Waals surface area contributed by atoms with Gasteiger partial charge in [-0.15, -0.1) is 0 Å². The van der Waals surface area contributed by atoms with Gasteiger partial charge in [-0.1, -0.05) is 12.5 Å². The quantitative estimate of drug-likeness (QED) is 0.627. The standard InChI is InChI=1S/C19H30N2O2/c1-13-4-3-6-19(2)7-5-14-15(12-21-10-8-20-9-11-21)18(22)23-17(14)16(13)19/h14-15,17,20H,3-12H2,1-2H3. The van der Waals surface area contributed by atoms with E-state index in [2.05, 4.69) is 24.1 Å². The van der Waals surface area contributed by atoms with E-state index in [0.29, 0.717) is 5.92 Å². The zero-order valence-electron chi connectivity index (χ0n) is 14.6. The molecule has 1 saturated carbocycles. The summed E-state index contributed by atoms with van der Waals surface area (Å²) in [6.45, 7) is 9.76. The van der Waals surface area contributed by atoms with E-state index in [-0.39, 0.29) is 23.4 Å². The van der Waals surface area contributed by atoms with Crippen LogP contribution >= 0.6 is 0 Å². The van der Waals surface area contributed by atoms with Crippen molar-refractivity contribution in [1.29, 1.82) is 0 Å². The number of piperazine rings is 1. The molecule has 2 aliphatic heterocycles. The molecule has 0 amide bonds. The molecule has 0 bridgehead atoms. The maximum Gasteiger partial charge on any atom is 0.311 e. The Morgan fingerprint density at radius 2 is 2.09 bits per heavy atom. The monoisotopic (exact) mass is 318 g/mol. The molecule has 4 unspecified atom stereocenters. The third-order valence-electron chi connectivity index (χ3n) is 6.82. The van der Waals surface area contributed by atoms with Gasteiger partial charge in [-0.25, -0.2) is 0 Å². The summed E-state index contributed by atoms with van der Waals surface area (Å²) >= 11 is 0. The molecule has 0 aromatic carbocycles. The zero-order valence-corrected chi connectivity index (χ0v) is 14.6. The fourth-order valence-corrected chi connectivity index (χ4v) is 5.55. The highest BCUT2D eigenvalue weighted by molar-refractivity contribution is 5.76. The molecule has 4 heteroatoms. The predicted octanol–water partition coefficient (Wildman–Crippen LogP) is 2.35. The van der Waals surface area contributed by atoms with Crippen LogP contribution in [0.1, 0.15) is 46.0 Å². The van der Waals surface area contributed by atoms with Gasteiger partial charge >= 0.3 is 5.97 Å². The summed E-state index contributed by atoms with van der Waals surface area (Å²) in [5.74, 6) is 0.562. The SMILES string of the molecule is CC1=C2C3OC(=O)C(CN4CCNCC4)C3CCC2(C)CCC1. The van der Waals surface area contributed by atoms with Crippen LogP contribution in [0.15, 0.2) is 11.1 Å². The molecule has 23 heavy (non-hydrogen) atoms. The van der Waals surface area contributed by atoms with Gasteiger partial charge in [0.25, 0.3) is 0 Å². The van der Waals surface area contributed by atoms with E-state index < -0.39 is 0 Å². The van der Waals surface area contributed by atoms with Crippen LogP contribution in [0.25, 0.3) is 0 Å². The van der Waals surface area contributed by atoms with Gasteiger partial charge in [0, 0.05) is 38.6 Å². The molecule has 0 spiro atoms. The van der Waals surface area contributed by atoms with Gasteiger partial charge in [-0.2, -0.15) is 0 Å². The van der Waals surface area contributed by atoms with E-state index in [1.165, 1.54) is 36.8 Å². The number of carbonyl (C=O) groups excluding carboxylic acids is 1. The molecule has 3 fully saturated rings. The summed E-state index contributed by atoms with van der Waals surface area (Å²) in [6, 6.07) is 0. The number of rotatable bonds is 2. The second kappa shape index (κ2) is 5.89. The molecule has 0 aromatic rings. The minimum absolute atomic E-state index is 0.0636. The molecule has 2 aliphatic carbocycles. The minimum atomic E-state index is 0.0636. The predicted molar refractivity (Wildman–Crippen MR) is 90.1 cm³/mol. The third kappa shape index (κ3) is 2.64. The number of hydrogen-bond donors (Lipinski definition) is 1. The van der Waals surface area contributed by atoms with E-state index in [9.17, 15) is 4.79 Å². The molecular formula is C19H30N2O2. The Morgan fingerprint density at radius 3 is 2.87 bits per heavy atom. The van der Waals surface area contributed by atoms with E-state index in [0.717, 1.165) is 39.1 Å². The molecule has 2 saturated heterocycles. The number of nitrogens with zero attached hydrogens (tertiary/aromatic N) is 1. The summed E-state index contributed by atoms with van der Waals surface area (Å²) < 4.78 is 5.99. The molecule has 4 nitrogen and oxygen atoms in total. The maximum atomic E-state index is 12.6. The van der Waals surface area contributed by atoms with Crippen LogP contribution < -0.4 is 5.32 Å². The Morgan fingerprint density at radius 1 is 1.30 bits per heavy atom. The Labute approximate surface area is 139 Å². The number of nitrogens with one attached hydrogen (secondary N) is 1. The molecule has 0 radical (unpaired) electrons. The number of fused-ring (bicyclic) bond motifs is 3. The highest BCUT2D eigenvalue weighted by atomic mass is 16.6. The van der Waals surface area contributed by atoms with Gasteiger partial charge in [-0.3, -0.25) is 9.69 Å². The fourth-order valence-electron chi connectivity index (χ4n) is 5.55. The Balaban J connectivity index is 1.56. The highest BCUT2D eigenvalue weighted by Crippen LogP contribution is 2.55. The third-order valence-corrected chi connectivity index (χ3v) is 6.82. The van der Waals surface area contributed by atoms with Gasteiger partial charge in [0.2, 0.25) is 0 Å². The smallest absolute Gasteiger partial charge is 0.311 e. The lowest BCUT2D eigenvalue weighted by molar-refractivity contribution is -0.144. The fraction of sp³-hybridized carbons (Fsp3) is 0.842. The lowest BCUT2D eigenvalue weighted by Crippen LogP contribution is -2.47. The number of ether oxygens (including phenoxy) is 1. The van der Waals surface area contributed by atoms with Crippen molar-refractivity contribution in [3.8, 4) is 0 Å². The summed E-state index contributed by atoms with van der Waals surface area (Å²) in [5, 5.41) is 3.39. The van der Waals surface area contributed by atoms with Gasteiger partial charge < -0.3 is 10.1 Å². The van der Waals surface area contributed by atoms with E-state index in [1.54, 1.807) is 0 Å². The van der Waals surface area contributed by atoms with Gasteiger partial charge in [0.1, 0.15) is 6.10 Å². The van der Waals surface area contributed by atoms with Crippen molar-refractivity contribution in [1.82, 2.24) is 10.2 Å². The summed E-state index contributed by atoms with van der Waals surface area (Å²) in [5.41, 5.74) is 3.29. The Hall–Kier alpha value is -0.870. The van der Waals surface area contributed by atoms with Crippen LogP contribution in [0.4, 0.5) is 0 Å². The second-order valence-corrected chi connectivity index (χ2v) is 8.33. The van der Waals surface area contributed by atoms with Crippen LogP contribution in [-0.2, 0) is 9.53 Å². The molecule has 4 aliphatic rings. The highest BCUT2D eigenvalue weighted by Gasteiger charge is 2.54. The Bertz CT molecular complexity index is 523. The van der Waals surface area contributed by atoms with Gasteiger partial charge in [0.15, 0.2) is 0 Å². The van der Waals surface area contributed by atoms with Crippen LogP contribution in [0.2, 0.25) is 0 Å². The Kier molecular flexibility index (Phi) is 4.01. The van der Waals surface area contributed by atoms with E-state index >= 15 is 0 Å². The average molecular weight is 318 g/mol.